The molecule has 0 bridgehead atoms. The second-order valence-electron chi connectivity index (χ2n) is 2.37. The van der Waals surface area contributed by atoms with Gasteiger partial charge < -0.3 is 10.5 Å². The van der Waals surface area contributed by atoms with Gasteiger partial charge in [-0.15, -0.1) is 0 Å². The molecule has 1 rings (SSSR count). The molecule has 0 spiro atoms. The number of hydrogen-bond acceptors (Lipinski definition) is 4. The Morgan fingerprint density at radius 2 is 2.33 bits per heavy atom. The monoisotopic (exact) mass is 166 g/mol. The number of ether oxygens (including phenoxy) is 1. The van der Waals surface area contributed by atoms with Crippen molar-refractivity contribution in [2.45, 2.75) is 6.92 Å². The number of Topliss-reactive ketones (excluding diaryl/α,β-unsaturated/α-hetero) is 1. The number of nitrogen functional groups attached to an aromatic ring is 1. The fourth-order valence-electron chi connectivity index (χ4n) is 0.811. The summed E-state index contributed by atoms with van der Waals surface area (Å²) < 4.78 is 4.90. The SMILES string of the molecule is COc1cc(C(C)=O)cnc1N. The Kier molecular flexibility index (Phi) is 2.28. The number of carbonyl (C=O) groups is 1. The van der Waals surface area contributed by atoms with Gasteiger partial charge in [0.25, 0.3) is 0 Å². The number of hydrogen-bond donors (Lipinski definition) is 1. The van der Waals surface area contributed by atoms with E-state index in [0.717, 1.165) is 0 Å². The second kappa shape index (κ2) is 3.21. The highest BCUT2D eigenvalue weighted by atomic mass is 16.5. The third-order valence-electron chi connectivity index (χ3n) is 1.51. The summed E-state index contributed by atoms with van der Waals surface area (Å²) in [7, 11) is 1.48. The standard InChI is InChI=1S/C8H10N2O2/c1-5(11)6-3-7(12-2)8(9)10-4-6/h3-4H,1-2H3,(H2,9,10). The van der Waals surface area contributed by atoms with Crippen molar-refractivity contribution < 1.29 is 9.53 Å². The van der Waals surface area contributed by atoms with E-state index in [-0.39, 0.29) is 5.78 Å². The lowest BCUT2D eigenvalue weighted by atomic mass is 10.2. The molecule has 0 saturated carbocycles. The molecule has 0 saturated heterocycles. The molecule has 0 aliphatic heterocycles. The van der Waals surface area contributed by atoms with Gasteiger partial charge >= 0.3 is 0 Å². The molecule has 1 heterocycles. The lowest BCUT2D eigenvalue weighted by molar-refractivity contribution is 0.101. The van der Waals surface area contributed by atoms with Crippen molar-refractivity contribution >= 4 is 11.6 Å². The minimum Gasteiger partial charge on any atom is -0.493 e. The first-order chi connectivity index (χ1) is 5.65. The minimum absolute atomic E-state index is 0.0548. The Balaban J connectivity index is 3.13. The summed E-state index contributed by atoms with van der Waals surface area (Å²) in [6.07, 6.45) is 1.43. The van der Waals surface area contributed by atoms with Crippen molar-refractivity contribution in [3.8, 4) is 5.75 Å². The number of nitrogens with two attached hydrogens (primary N) is 1. The van der Waals surface area contributed by atoms with Crippen LogP contribution in [0.1, 0.15) is 17.3 Å². The van der Waals surface area contributed by atoms with E-state index in [1.807, 2.05) is 0 Å². The number of rotatable bonds is 2. The van der Waals surface area contributed by atoms with Gasteiger partial charge in [0.15, 0.2) is 17.4 Å². The Hall–Kier alpha value is -1.58. The normalized spacial score (nSPS) is 9.50. The highest BCUT2D eigenvalue weighted by molar-refractivity contribution is 5.94. The Labute approximate surface area is 70.4 Å². The van der Waals surface area contributed by atoms with E-state index in [0.29, 0.717) is 17.1 Å². The molecule has 12 heavy (non-hydrogen) atoms. The maximum absolute atomic E-state index is 10.9. The smallest absolute Gasteiger partial charge is 0.166 e. The van der Waals surface area contributed by atoms with Crippen molar-refractivity contribution in [3.63, 3.8) is 0 Å². The number of anilines is 1. The van der Waals surface area contributed by atoms with Crippen LogP contribution in [0.25, 0.3) is 0 Å². The number of aromatic nitrogens is 1. The molecule has 4 nitrogen and oxygen atoms in total. The third kappa shape index (κ3) is 1.53. The molecule has 0 amide bonds. The molecule has 0 atom stereocenters. The highest BCUT2D eigenvalue weighted by Gasteiger charge is 2.04. The number of nitrogens with zero attached hydrogens (tertiary/aromatic N) is 1. The summed E-state index contributed by atoms with van der Waals surface area (Å²) >= 11 is 0. The van der Waals surface area contributed by atoms with Gasteiger partial charge in [-0.2, -0.15) is 0 Å². The zero-order chi connectivity index (χ0) is 9.14. The van der Waals surface area contributed by atoms with Crippen LogP contribution in [-0.4, -0.2) is 17.9 Å². The van der Waals surface area contributed by atoms with Gasteiger partial charge in [-0.05, 0) is 13.0 Å². The first-order valence-electron chi connectivity index (χ1n) is 3.45. The first kappa shape index (κ1) is 8.52. The molecule has 0 fully saturated rings. The van der Waals surface area contributed by atoms with Crippen LogP contribution in [0, 0.1) is 0 Å². The average Bonchev–Trinajstić information content (AvgIpc) is 2.05. The van der Waals surface area contributed by atoms with Gasteiger partial charge in [0.1, 0.15) is 0 Å². The molecule has 2 N–H and O–H groups in total. The van der Waals surface area contributed by atoms with E-state index in [2.05, 4.69) is 4.98 Å². The maximum Gasteiger partial charge on any atom is 0.166 e. The lowest BCUT2D eigenvalue weighted by Crippen LogP contribution is -1.99. The quantitative estimate of drug-likeness (QED) is 0.662. The van der Waals surface area contributed by atoms with Gasteiger partial charge in [0.05, 0.1) is 7.11 Å². The van der Waals surface area contributed by atoms with Crippen molar-refractivity contribution in [2.24, 2.45) is 0 Å². The van der Waals surface area contributed by atoms with Gasteiger partial charge in [-0.1, -0.05) is 0 Å². The van der Waals surface area contributed by atoms with Crippen molar-refractivity contribution in [3.05, 3.63) is 17.8 Å². The van der Waals surface area contributed by atoms with Crippen LogP contribution in [0.3, 0.4) is 0 Å². The summed E-state index contributed by atoms with van der Waals surface area (Å²) in [5.74, 6) is 0.672. The molecule has 0 radical (unpaired) electrons. The number of ketones is 1. The zero-order valence-corrected chi connectivity index (χ0v) is 7.00. The number of carbonyl (C=O) groups excluding carboxylic acids is 1. The van der Waals surface area contributed by atoms with Crippen LogP contribution in [-0.2, 0) is 0 Å². The molecule has 1 aromatic heterocycles. The minimum atomic E-state index is -0.0548. The number of pyridine rings is 1. The Morgan fingerprint density at radius 1 is 1.67 bits per heavy atom. The summed E-state index contributed by atoms with van der Waals surface area (Å²) in [6.45, 7) is 1.46. The van der Waals surface area contributed by atoms with Crippen LogP contribution in [0.15, 0.2) is 12.3 Å². The van der Waals surface area contributed by atoms with E-state index in [1.165, 1.54) is 20.2 Å². The largest absolute Gasteiger partial charge is 0.493 e. The Morgan fingerprint density at radius 3 is 2.83 bits per heavy atom. The zero-order valence-electron chi connectivity index (χ0n) is 7.00. The predicted molar refractivity (Wildman–Crippen MR) is 45.2 cm³/mol. The summed E-state index contributed by atoms with van der Waals surface area (Å²) in [5, 5.41) is 0. The van der Waals surface area contributed by atoms with Crippen LogP contribution >= 0.6 is 0 Å². The van der Waals surface area contributed by atoms with E-state index >= 15 is 0 Å². The van der Waals surface area contributed by atoms with Crippen LogP contribution in [0.2, 0.25) is 0 Å². The molecule has 64 valence electrons. The van der Waals surface area contributed by atoms with Gasteiger partial charge in [-0.25, -0.2) is 4.98 Å². The van der Waals surface area contributed by atoms with Crippen LogP contribution in [0.5, 0.6) is 5.75 Å². The molecule has 0 aliphatic carbocycles. The summed E-state index contributed by atoms with van der Waals surface area (Å²) in [5.41, 5.74) is 5.95. The van der Waals surface area contributed by atoms with E-state index in [1.54, 1.807) is 6.07 Å². The Bertz CT molecular complexity index is 310. The van der Waals surface area contributed by atoms with Gasteiger partial charge in [0, 0.05) is 11.8 Å². The number of methoxy groups -OCH3 is 1. The second-order valence-corrected chi connectivity index (χ2v) is 2.37. The van der Waals surface area contributed by atoms with Crippen LogP contribution < -0.4 is 10.5 Å². The summed E-state index contributed by atoms with van der Waals surface area (Å²) in [6, 6.07) is 1.57. The molecular weight excluding hydrogens is 156 g/mol. The first-order valence-corrected chi connectivity index (χ1v) is 3.45. The topological polar surface area (TPSA) is 65.2 Å². The lowest BCUT2D eigenvalue weighted by Gasteiger charge is -2.03. The van der Waals surface area contributed by atoms with Crippen molar-refractivity contribution in [1.29, 1.82) is 0 Å². The summed E-state index contributed by atoms with van der Waals surface area (Å²) in [4.78, 5) is 14.7. The maximum atomic E-state index is 10.9. The molecule has 0 aromatic carbocycles. The van der Waals surface area contributed by atoms with Crippen molar-refractivity contribution in [1.82, 2.24) is 4.98 Å². The van der Waals surface area contributed by atoms with E-state index < -0.39 is 0 Å². The molecule has 0 aliphatic rings. The molecular formula is C8H10N2O2. The van der Waals surface area contributed by atoms with Crippen LogP contribution in [0.4, 0.5) is 5.82 Å². The van der Waals surface area contributed by atoms with Gasteiger partial charge in [0.2, 0.25) is 0 Å². The fraction of sp³-hybridized carbons (Fsp3) is 0.250. The molecule has 1 aromatic rings. The fourth-order valence-corrected chi connectivity index (χ4v) is 0.811. The van der Waals surface area contributed by atoms with Crippen molar-refractivity contribution in [2.75, 3.05) is 12.8 Å². The van der Waals surface area contributed by atoms with Gasteiger partial charge in [-0.3, -0.25) is 4.79 Å². The van der Waals surface area contributed by atoms with E-state index in [4.69, 9.17) is 10.5 Å². The molecule has 0 unspecified atom stereocenters. The predicted octanol–water partition coefficient (Wildman–Crippen LogP) is 0.875. The van der Waals surface area contributed by atoms with E-state index in [9.17, 15) is 4.79 Å². The highest BCUT2D eigenvalue weighted by Crippen LogP contribution is 2.19. The average molecular weight is 166 g/mol. The third-order valence-corrected chi connectivity index (χ3v) is 1.51. The molecule has 4 heteroatoms.